The summed E-state index contributed by atoms with van der Waals surface area (Å²) in [5.41, 5.74) is 7.79. The molecule has 0 aromatic heterocycles. The third-order valence-electron chi connectivity index (χ3n) is 3.63. The number of carbonyl (C=O) groups excluding carboxylic acids is 1. The van der Waals surface area contributed by atoms with E-state index in [1.54, 1.807) is 0 Å². The summed E-state index contributed by atoms with van der Waals surface area (Å²) >= 11 is 0. The second-order valence-corrected chi connectivity index (χ2v) is 4.56. The van der Waals surface area contributed by atoms with Gasteiger partial charge in [-0.25, -0.2) is 0 Å². The zero-order chi connectivity index (χ0) is 11.9. The van der Waals surface area contributed by atoms with E-state index >= 15 is 0 Å². The maximum atomic E-state index is 11.4. The van der Waals surface area contributed by atoms with Crippen molar-refractivity contribution >= 4 is 11.7 Å². The number of amides is 1. The Kier molecular flexibility index (Phi) is 2.74. The molecule has 1 amide bonds. The zero-order valence-corrected chi connectivity index (χ0v) is 10.2. The van der Waals surface area contributed by atoms with Gasteiger partial charge in [-0.2, -0.15) is 0 Å². The summed E-state index contributed by atoms with van der Waals surface area (Å²) in [6.45, 7) is 7.08. The molecule has 1 saturated heterocycles. The molecular formula is C12H19N3O. The number of hydrogen-bond donors (Lipinski definition) is 1. The Hall–Kier alpha value is -1.32. The van der Waals surface area contributed by atoms with Gasteiger partial charge in [-0.1, -0.05) is 6.92 Å². The summed E-state index contributed by atoms with van der Waals surface area (Å²) in [6.07, 6.45) is 1.80. The maximum absolute atomic E-state index is 11.4. The van der Waals surface area contributed by atoms with Crippen LogP contribution in [0.5, 0.6) is 0 Å². The standard InChI is InChI=1S/C12H19N3O/c1-4-10-7(2)11-9(12(13)16)5-6-15(11)8(3)14-10/h9-10H,4-6H2,1-3H3,(H2,13,16)/t9-,10?/m0/s1. The molecule has 2 heterocycles. The molecule has 1 fully saturated rings. The van der Waals surface area contributed by atoms with E-state index in [1.165, 1.54) is 5.57 Å². The van der Waals surface area contributed by atoms with Crippen molar-refractivity contribution in [2.24, 2.45) is 16.6 Å². The molecule has 4 nitrogen and oxygen atoms in total. The maximum Gasteiger partial charge on any atom is 0.226 e. The minimum Gasteiger partial charge on any atom is -0.369 e. The van der Waals surface area contributed by atoms with Gasteiger partial charge in [0.25, 0.3) is 0 Å². The minimum atomic E-state index is -0.207. The highest BCUT2D eigenvalue weighted by Gasteiger charge is 2.37. The highest BCUT2D eigenvalue weighted by molar-refractivity contribution is 5.88. The highest BCUT2D eigenvalue weighted by Crippen LogP contribution is 2.36. The van der Waals surface area contributed by atoms with Crippen LogP contribution in [0.15, 0.2) is 16.3 Å². The molecule has 0 spiro atoms. The van der Waals surface area contributed by atoms with Gasteiger partial charge in [0.2, 0.25) is 5.91 Å². The van der Waals surface area contributed by atoms with Crippen molar-refractivity contribution in [3.05, 3.63) is 11.3 Å². The molecule has 0 aromatic carbocycles. The summed E-state index contributed by atoms with van der Waals surface area (Å²) in [7, 11) is 0. The van der Waals surface area contributed by atoms with Crippen molar-refractivity contribution in [1.82, 2.24) is 4.90 Å². The van der Waals surface area contributed by atoms with Crippen LogP contribution in [0.4, 0.5) is 0 Å². The van der Waals surface area contributed by atoms with Crippen molar-refractivity contribution in [3.8, 4) is 0 Å². The number of carbonyl (C=O) groups is 1. The van der Waals surface area contributed by atoms with Gasteiger partial charge in [-0.15, -0.1) is 0 Å². The van der Waals surface area contributed by atoms with Crippen LogP contribution in [-0.4, -0.2) is 29.2 Å². The van der Waals surface area contributed by atoms with Gasteiger partial charge in [-0.3, -0.25) is 9.79 Å². The number of fused-ring (bicyclic) bond motifs is 1. The first kappa shape index (κ1) is 11.2. The first-order chi connectivity index (χ1) is 7.56. The van der Waals surface area contributed by atoms with Crippen LogP contribution in [-0.2, 0) is 4.79 Å². The molecule has 0 aliphatic carbocycles. The fraction of sp³-hybridized carbons (Fsp3) is 0.667. The molecule has 2 aliphatic rings. The number of primary amides is 1. The quantitative estimate of drug-likeness (QED) is 0.763. The number of aliphatic imine (C=N–C) groups is 1. The van der Waals surface area contributed by atoms with E-state index in [0.717, 1.165) is 30.9 Å². The molecule has 0 aromatic rings. The van der Waals surface area contributed by atoms with Crippen molar-refractivity contribution in [1.29, 1.82) is 0 Å². The van der Waals surface area contributed by atoms with Crippen LogP contribution in [0.2, 0.25) is 0 Å². The Balaban J connectivity index is 2.42. The van der Waals surface area contributed by atoms with Crippen LogP contribution >= 0.6 is 0 Å². The highest BCUT2D eigenvalue weighted by atomic mass is 16.1. The third kappa shape index (κ3) is 1.52. The topological polar surface area (TPSA) is 58.7 Å². The van der Waals surface area contributed by atoms with E-state index in [9.17, 15) is 4.79 Å². The van der Waals surface area contributed by atoms with Crippen LogP contribution < -0.4 is 5.73 Å². The summed E-state index contributed by atoms with van der Waals surface area (Å²) in [5, 5.41) is 0. The van der Waals surface area contributed by atoms with E-state index in [0.29, 0.717) is 0 Å². The van der Waals surface area contributed by atoms with E-state index in [1.807, 2.05) is 6.92 Å². The fourth-order valence-corrected chi connectivity index (χ4v) is 2.76. The van der Waals surface area contributed by atoms with Gasteiger partial charge < -0.3 is 10.6 Å². The number of nitrogens with zero attached hydrogens (tertiary/aromatic N) is 2. The molecule has 1 unspecified atom stereocenters. The van der Waals surface area contributed by atoms with Gasteiger partial charge in [-0.05, 0) is 32.3 Å². The van der Waals surface area contributed by atoms with E-state index in [4.69, 9.17) is 5.73 Å². The molecule has 2 N–H and O–H groups in total. The number of rotatable bonds is 2. The van der Waals surface area contributed by atoms with E-state index in [-0.39, 0.29) is 17.9 Å². The van der Waals surface area contributed by atoms with Gasteiger partial charge in [0.15, 0.2) is 0 Å². The molecule has 4 heteroatoms. The molecule has 2 atom stereocenters. The van der Waals surface area contributed by atoms with Crippen molar-refractivity contribution < 1.29 is 4.79 Å². The van der Waals surface area contributed by atoms with Crippen LogP contribution in [0.3, 0.4) is 0 Å². The molecule has 16 heavy (non-hydrogen) atoms. The van der Waals surface area contributed by atoms with Crippen LogP contribution in [0.25, 0.3) is 0 Å². The van der Waals surface area contributed by atoms with Crippen molar-refractivity contribution in [2.45, 2.75) is 39.7 Å². The predicted octanol–water partition coefficient (Wildman–Crippen LogP) is 1.28. The molecule has 2 rings (SSSR count). The van der Waals surface area contributed by atoms with Gasteiger partial charge in [0.1, 0.15) is 5.84 Å². The largest absolute Gasteiger partial charge is 0.369 e. The lowest BCUT2D eigenvalue weighted by atomic mass is 9.95. The van der Waals surface area contributed by atoms with E-state index in [2.05, 4.69) is 23.7 Å². The molecular weight excluding hydrogens is 202 g/mol. The Labute approximate surface area is 96.2 Å². The third-order valence-corrected chi connectivity index (χ3v) is 3.63. The molecule has 2 aliphatic heterocycles. The average molecular weight is 221 g/mol. The lowest BCUT2D eigenvalue weighted by Crippen LogP contribution is -2.35. The van der Waals surface area contributed by atoms with E-state index < -0.39 is 0 Å². The SMILES string of the molecule is CCC1N=C(C)N2CC[C@H](C(N)=O)C2=C1C. The van der Waals surface area contributed by atoms with Crippen molar-refractivity contribution in [2.75, 3.05) is 6.54 Å². The van der Waals surface area contributed by atoms with Gasteiger partial charge in [0.05, 0.1) is 12.0 Å². The average Bonchev–Trinajstić information content (AvgIpc) is 2.68. The number of amidine groups is 1. The zero-order valence-electron chi connectivity index (χ0n) is 10.2. The Morgan fingerprint density at radius 1 is 1.56 bits per heavy atom. The lowest BCUT2D eigenvalue weighted by Gasteiger charge is -2.31. The van der Waals surface area contributed by atoms with Crippen molar-refractivity contribution in [3.63, 3.8) is 0 Å². The minimum absolute atomic E-state index is 0.112. The Morgan fingerprint density at radius 2 is 2.25 bits per heavy atom. The molecule has 0 saturated carbocycles. The normalized spacial score (nSPS) is 29.2. The second kappa shape index (κ2) is 3.92. The predicted molar refractivity (Wildman–Crippen MR) is 63.9 cm³/mol. The molecule has 0 bridgehead atoms. The smallest absolute Gasteiger partial charge is 0.226 e. The van der Waals surface area contributed by atoms with Crippen LogP contribution in [0, 0.1) is 5.92 Å². The fourth-order valence-electron chi connectivity index (χ4n) is 2.76. The van der Waals surface area contributed by atoms with Gasteiger partial charge in [0, 0.05) is 12.2 Å². The van der Waals surface area contributed by atoms with Gasteiger partial charge >= 0.3 is 0 Å². The first-order valence-electron chi connectivity index (χ1n) is 5.88. The van der Waals surface area contributed by atoms with Crippen LogP contribution in [0.1, 0.15) is 33.6 Å². The molecule has 88 valence electrons. The Morgan fingerprint density at radius 3 is 2.81 bits per heavy atom. The lowest BCUT2D eigenvalue weighted by molar-refractivity contribution is -0.120. The summed E-state index contributed by atoms with van der Waals surface area (Å²) < 4.78 is 0. The Bertz CT molecular complexity index is 376. The summed E-state index contributed by atoms with van der Waals surface area (Å²) in [5.74, 6) is 0.706. The summed E-state index contributed by atoms with van der Waals surface area (Å²) in [6, 6.07) is 0.228. The second-order valence-electron chi connectivity index (χ2n) is 4.56. The number of hydrogen-bond acceptors (Lipinski definition) is 3. The summed E-state index contributed by atoms with van der Waals surface area (Å²) in [4.78, 5) is 18.2. The first-order valence-corrected chi connectivity index (χ1v) is 5.88. The molecule has 0 radical (unpaired) electrons. The number of nitrogens with two attached hydrogens (primary N) is 1. The monoisotopic (exact) mass is 221 g/mol.